The van der Waals surface area contributed by atoms with E-state index >= 15 is 0 Å². The van der Waals surface area contributed by atoms with Crippen LogP contribution in [0.5, 0.6) is 0 Å². The molecule has 0 aromatic carbocycles. The zero-order valence-electron chi connectivity index (χ0n) is 10.6. The predicted molar refractivity (Wildman–Crippen MR) is 72.9 cm³/mol. The van der Waals surface area contributed by atoms with Crippen molar-refractivity contribution in [1.82, 2.24) is 14.4 Å². The highest BCUT2D eigenvalue weighted by Crippen LogP contribution is 2.22. The molecule has 0 saturated heterocycles. The summed E-state index contributed by atoms with van der Waals surface area (Å²) in [6, 6.07) is 5.07. The van der Waals surface area contributed by atoms with Gasteiger partial charge in [0.15, 0.2) is 0 Å². The Kier molecular flexibility index (Phi) is 2.64. The fraction of sp³-hybridized carbons (Fsp3) is 0.0714. The van der Waals surface area contributed by atoms with Crippen LogP contribution in [0.3, 0.4) is 0 Å². The molecule has 0 saturated carbocycles. The molecule has 3 heterocycles. The number of nitrogens with one attached hydrogen (secondary N) is 1. The fourth-order valence-electron chi connectivity index (χ4n) is 2.16. The largest absolute Gasteiger partial charge is 0.477 e. The molecular formula is C14H11N3O3. The van der Waals surface area contributed by atoms with E-state index in [1.54, 1.807) is 19.3 Å². The lowest BCUT2D eigenvalue weighted by molar-refractivity contribution is 0.0695. The van der Waals surface area contributed by atoms with E-state index in [0.717, 1.165) is 11.2 Å². The second-order valence-electron chi connectivity index (χ2n) is 4.47. The molecule has 6 heteroatoms. The van der Waals surface area contributed by atoms with Crippen molar-refractivity contribution in [2.45, 2.75) is 6.92 Å². The Morgan fingerprint density at radius 1 is 1.40 bits per heavy atom. The zero-order chi connectivity index (χ0) is 14.3. The highest BCUT2D eigenvalue weighted by atomic mass is 16.4. The smallest absolute Gasteiger partial charge is 0.341 e. The van der Waals surface area contributed by atoms with E-state index in [2.05, 4.69) is 9.97 Å². The van der Waals surface area contributed by atoms with Crippen molar-refractivity contribution in [3.05, 3.63) is 58.4 Å². The molecule has 0 spiro atoms. The molecule has 6 nitrogen and oxygen atoms in total. The van der Waals surface area contributed by atoms with Gasteiger partial charge in [-0.1, -0.05) is 0 Å². The van der Waals surface area contributed by atoms with Crippen LogP contribution in [-0.4, -0.2) is 25.4 Å². The van der Waals surface area contributed by atoms with Gasteiger partial charge < -0.3 is 14.5 Å². The number of hydrogen-bond donors (Lipinski definition) is 2. The Hall–Kier alpha value is -2.89. The number of aromatic amines is 1. The van der Waals surface area contributed by atoms with Gasteiger partial charge in [-0.3, -0.25) is 4.79 Å². The molecule has 0 fully saturated rings. The molecule has 3 aromatic heterocycles. The number of fused-ring (bicyclic) bond motifs is 1. The molecule has 0 unspecified atom stereocenters. The van der Waals surface area contributed by atoms with Crippen LogP contribution in [-0.2, 0) is 0 Å². The minimum atomic E-state index is -1.24. The first-order valence-electron chi connectivity index (χ1n) is 5.96. The van der Waals surface area contributed by atoms with Crippen LogP contribution < -0.4 is 5.56 Å². The average molecular weight is 269 g/mol. The number of rotatable bonds is 2. The number of nitrogens with zero attached hydrogens (tertiary/aromatic N) is 2. The van der Waals surface area contributed by atoms with Gasteiger partial charge in [0, 0.05) is 35.4 Å². The summed E-state index contributed by atoms with van der Waals surface area (Å²) in [6.45, 7) is 1.74. The highest BCUT2D eigenvalue weighted by molar-refractivity contribution is 5.89. The second kappa shape index (κ2) is 4.34. The number of pyridine rings is 2. The van der Waals surface area contributed by atoms with Crippen LogP contribution in [0.1, 0.15) is 16.1 Å². The number of carboxylic acids is 1. The van der Waals surface area contributed by atoms with E-state index in [9.17, 15) is 9.59 Å². The Balaban J connectivity index is 2.24. The summed E-state index contributed by atoms with van der Waals surface area (Å²) in [4.78, 5) is 29.4. The summed E-state index contributed by atoms with van der Waals surface area (Å²) in [5, 5.41) is 9.03. The molecule has 100 valence electrons. The third kappa shape index (κ3) is 1.87. The van der Waals surface area contributed by atoms with Crippen LogP contribution >= 0.6 is 0 Å². The molecule has 0 atom stereocenters. The molecule has 0 aliphatic rings. The molecule has 0 amide bonds. The monoisotopic (exact) mass is 269 g/mol. The van der Waals surface area contributed by atoms with Crippen molar-refractivity contribution in [3.63, 3.8) is 0 Å². The van der Waals surface area contributed by atoms with Crippen molar-refractivity contribution < 1.29 is 9.90 Å². The number of aromatic nitrogens is 3. The van der Waals surface area contributed by atoms with E-state index < -0.39 is 11.5 Å². The first-order valence-corrected chi connectivity index (χ1v) is 5.96. The first-order chi connectivity index (χ1) is 9.56. The number of carboxylic acid groups (broad SMARTS) is 1. The predicted octanol–water partition coefficient (Wildman–Crippen LogP) is 1.70. The molecule has 3 rings (SSSR count). The van der Waals surface area contributed by atoms with Crippen LogP contribution in [0.2, 0.25) is 0 Å². The number of imidazole rings is 1. The average Bonchev–Trinajstić information content (AvgIpc) is 2.85. The summed E-state index contributed by atoms with van der Waals surface area (Å²) in [5.41, 5.74) is 2.05. The molecule has 0 aliphatic heterocycles. The first kappa shape index (κ1) is 12.2. The quantitative estimate of drug-likeness (QED) is 0.741. The van der Waals surface area contributed by atoms with Crippen LogP contribution in [0, 0.1) is 6.92 Å². The van der Waals surface area contributed by atoms with Gasteiger partial charge in [0.05, 0.1) is 0 Å². The van der Waals surface area contributed by atoms with Gasteiger partial charge >= 0.3 is 5.97 Å². The van der Waals surface area contributed by atoms with E-state index in [-0.39, 0.29) is 5.56 Å². The normalized spacial score (nSPS) is 10.8. The molecular weight excluding hydrogens is 258 g/mol. The van der Waals surface area contributed by atoms with Gasteiger partial charge in [-0.2, -0.15) is 0 Å². The number of H-pyrrole nitrogens is 1. The Morgan fingerprint density at radius 3 is 2.95 bits per heavy atom. The zero-order valence-corrected chi connectivity index (χ0v) is 10.6. The van der Waals surface area contributed by atoms with E-state index in [0.29, 0.717) is 11.3 Å². The maximum atomic E-state index is 11.6. The summed E-state index contributed by atoms with van der Waals surface area (Å²) < 4.78 is 1.83. The summed E-state index contributed by atoms with van der Waals surface area (Å²) in [7, 11) is 0. The van der Waals surface area contributed by atoms with Crippen LogP contribution in [0.25, 0.3) is 16.8 Å². The van der Waals surface area contributed by atoms with Gasteiger partial charge in [-0.15, -0.1) is 0 Å². The molecule has 2 N–H and O–H groups in total. The Labute approximate surface area is 113 Å². The van der Waals surface area contributed by atoms with Crippen LogP contribution in [0.15, 0.2) is 41.6 Å². The highest BCUT2D eigenvalue weighted by Gasteiger charge is 2.13. The Bertz CT molecular complexity index is 877. The number of carbonyl (C=O) groups is 1. The fourth-order valence-corrected chi connectivity index (χ4v) is 2.16. The number of aryl methyl sites for hydroxylation is 1. The third-order valence-electron chi connectivity index (χ3n) is 3.17. The van der Waals surface area contributed by atoms with Gasteiger partial charge in [0.1, 0.15) is 11.2 Å². The van der Waals surface area contributed by atoms with Gasteiger partial charge in [-0.05, 0) is 25.1 Å². The molecule has 0 bridgehead atoms. The summed E-state index contributed by atoms with van der Waals surface area (Å²) in [6.07, 6.45) is 5.33. The van der Waals surface area contributed by atoms with E-state index in [1.165, 1.54) is 6.07 Å². The van der Waals surface area contributed by atoms with E-state index in [1.807, 2.05) is 22.7 Å². The Morgan fingerprint density at radius 2 is 2.20 bits per heavy atom. The van der Waals surface area contributed by atoms with Crippen molar-refractivity contribution in [1.29, 1.82) is 0 Å². The standard InChI is InChI=1S/C14H11N3O3/c1-8-10(6-11(14(19)20)13(18)16-8)9-2-3-12-15-4-5-17(12)7-9/h2-7H,1H3,(H,16,18)(H,19,20). The molecule has 0 radical (unpaired) electrons. The molecule has 3 aromatic rings. The number of hydrogen-bond acceptors (Lipinski definition) is 3. The lowest BCUT2D eigenvalue weighted by Gasteiger charge is -2.07. The SMILES string of the molecule is Cc1[nH]c(=O)c(C(=O)O)cc1-c1ccc2nccn2c1. The van der Waals surface area contributed by atoms with Crippen molar-refractivity contribution in [3.8, 4) is 11.1 Å². The van der Waals surface area contributed by atoms with Gasteiger partial charge in [0.2, 0.25) is 0 Å². The van der Waals surface area contributed by atoms with Crippen molar-refractivity contribution in [2.75, 3.05) is 0 Å². The van der Waals surface area contributed by atoms with E-state index in [4.69, 9.17) is 5.11 Å². The molecule has 0 aliphatic carbocycles. The third-order valence-corrected chi connectivity index (χ3v) is 3.17. The topological polar surface area (TPSA) is 87.5 Å². The number of aromatic carboxylic acids is 1. The summed E-state index contributed by atoms with van der Waals surface area (Å²) >= 11 is 0. The second-order valence-corrected chi connectivity index (χ2v) is 4.47. The lowest BCUT2D eigenvalue weighted by Crippen LogP contribution is -2.18. The minimum absolute atomic E-state index is 0.267. The lowest BCUT2D eigenvalue weighted by atomic mass is 10.0. The summed E-state index contributed by atoms with van der Waals surface area (Å²) in [5.74, 6) is -1.24. The maximum absolute atomic E-state index is 11.6. The molecule has 20 heavy (non-hydrogen) atoms. The minimum Gasteiger partial charge on any atom is -0.477 e. The van der Waals surface area contributed by atoms with Crippen molar-refractivity contribution >= 4 is 11.6 Å². The van der Waals surface area contributed by atoms with Gasteiger partial charge in [-0.25, -0.2) is 9.78 Å². The maximum Gasteiger partial charge on any atom is 0.341 e. The van der Waals surface area contributed by atoms with Crippen LogP contribution in [0.4, 0.5) is 0 Å². The van der Waals surface area contributed by atoms with Crippen molar-refractivity contribution in [2.24, 2.45) is 0 Å². The van der Waals surface area contributed by atoms with Gasteiger partial charge in [0.25, 0.3) is 5.56 Å².